The number of nitrogens with zero attached hydrogens (tertiary/aromatic N) is 2. The molecule has 0 saturated carbocycles. The van der Waals surface area contributed by atoms with Crippen LogP contribution in [0.4, 0.5) is 0 Å². The van der Waals surface area contributed by atoms with Crippen molar-refractivity contribution in [3.8, 4) is 6.07 Å². The number of nitriles is 1. The van der Waals surface area contributed by atoms with Gasteiger partial charge >= 0.3 is 0 Å². The third kappa shape index (κ3) is 3.54. The van der Waals surface area contributed by atoms with E-state index in [2.05, 4.69) is 4.90 Å². The van der Waals surface area contributed by atoms with Crippen LogP contribution in [0.1, 0.15) is 25.7 Å². The maximum Gasteiger partial charge on any atom is 0.0908 e. The van der Waals surface area contributed by atoms with Crippen LogP contribution in [0.2, 0.25) is 0 Å². The van der Waals surface area contributed by atoms with Crippen LogP contribution in [0.25, 0.3) is 0 Å². The monoisotopic (exact) mass is 164 g/mol. The van der Waals surface area contributed by atoms with Gasteiger partial charge in [-0.25, -0.2) is 0 Å². The topological polar surface area (TPSA) is 27.0 Å². The van der Waals surface area contributed by atoms with E-state index in [1.54, 1.807) is 6.08 Å². The minimum absolute atomic E-state index is 1.02. The molecular formula is C10H16N2. The van der Waals surface area contributed by atoms with E-state index in [1.165, 1.54) is 32.4 Å². The number of allylic oxidation sites excluding steroid dienone is 1. The van der Waals surface area contributed by atoms with Crippen molar-refractivity contribution in [3.63, 3.8) is 0 Å². The van der Waals surface area contributed by atoms with E-state index < -0.39 is 0 Å². The Balaban J connectivity index is 2.06. The van der Waals surface area contributed by atoms with E-state index in [1.807, 2.05) is 12.1 Å². The smallest absolute Gasteiger partial charge is 0.0908 e. The van der Waals surface area contributed by atoms with Crippen molar-refractivity contribution in [2.24, 2.45) is 0 Å². The Morgan fingerprint density at radius 1 is 1.25 bits per heavy atom. The molecule has 0 aliphatic carbocycles. The van der Waals surface area contributed by atoms with Crippen molar-refractivity contribution >= 4 is 0 Å². The van der Waals surface area contributed by atoms with Gasteiger partial charge in [0, 0.05) is 12.6 Å². The summed E-state index contributed by atoms with van der Waals surface area (Å²) >= 11 is 0. The second kappa shape index (κ2) is 5.79. The van der Waals surface area contributed by atoms with Gasteiger partial charge in [-0.05, 0) is 32.4 Å². The molecule has 1 heterocycles. The van der Waals surface area contributed by atoms with E-state index in [0.717, 1.165) is 13.0 Å². The molecule has 0 aromatic rings. The quantitative estimate of drug-likeness (QED) is 0.596. The van der Waals surface area contributed by atoms with Crippen molar-refractivity contribution in [2.45, 2.75) is 25.7 Å². The molecule has 0 aromatic heterocycles. The van der Waals surface area contributed by atoms with Gasteiger partial charge in [-0.3, -0.25) is 0 Å². The van der Waals surface area contributed by atoms with Gasteiger partial charge in [0.25, 0.3) is 0 Å². The van der Waals surface area contributed by atoms with Crippen molar-refractivity contribution < 1.29 is 0 Å². The number of hydrogen-bond donors (Lipinski definition) is 0. The van der Waals surface area contributed by atoms with Gasteiger partial charge in [0.1, 0.15) is 0 Å². The second-order valence-corrected chi connectivity index (χ2v) is 3.22. The highest BCUT2D eigenvalue weighted by Crippen LogP contribution is 2.08. The summed E-state index contributed by atoms with van der Waals surface area (Å²) in [6, 6.07) is 2.01. The Kier molecular flexibility index (Phi) is 4.48. The first-order valence-electron chi connectivity index (χ1n) is 4.70. The van der Waals surface area contributed by atoms with Crippen molar-refractivity contribution in [3.05, 3.63) is 12.2 Å². The number of rotatable bonds is 3. The van der Waals surface area contributed by atoms with Gasteiger partial charge < -0.3 is 4.90 Å². The van der Waals surface area contributed by atoms with Gasteiger partial charge in [-0.15, -0.1) is 0 Å². The first-order valence-corrected chi connectivity index (χ1v) is 4.70. The zero-order valence-electron chi connectivity index (χ0n) is 7.50. The van der Waals surface area contributed by atoms with Crippen molar-refractivity contribution in [1.29, 1.82) is 5.26 Å². The van der Waals surface area contributed by atoms with E-state index in [9.17, 15) is 0 Å². The molecule has 1 saturated heterocycles. The van der Waals surface area contributed by atoms with Crippen LogP contribution >= 0.6 is 0 Å². The lowest BCUT2D eigenvalue weighted by molar-refractivity contribution is 0.233. The van der Waals surface area contributed by atoms with Gasteiger partial charge in [-0.1, -0.05) is 12.5 Å². The fourth-order valence-electron chi connectivity index (χ4n) is 1.58. The number of hydrogen-bond acceptors (Lipinski definition) is 2. The molecule has 1 aliphatic heterocycles. The highest BCUT2D eigenvalue weighted by molar-refractivity contribution is 5.01. The van der Waals surface area contributed by atoms with Crippen LogP contribution in [-0.4, -0.2) is 24.5 Å². The molecule has 0 N–H and O–H groups in total. The average molecular weight is 164 g/mol. The molecule has 0 amide bonds. The van der Waals surface area contributed by atoms with Crippen LogP contribution in [0.3, 0.4) is 0 Å². The van der Waals surface area contributed by atoms with E-state index >= 15 is 0 Å². The summed E-state index contributed by atoms with van der Waals surface area (Å²) in [7, 11) is 0. The predicted molar refractivity (Wildman–Crippen MR) is 49.7 cm³/mol. The Labute approximate surface area is 74.5 Å². The minimum Gasteiger partial charge on any atom is -0.303 e. The fraction of sp³-hybridized carbons (Fsp3) is 0.700. The Morgan fingerprint density at radius 2 is 2.00 bits per heavy atom. The van der Waals surface area contributed by atoms with Gasteiger partial charge in [0.2, 0.25) is 0 Å². The largest absolute Gasteiger partial charge is 0.303 e. The van der Waals surface area contributed by atoms with E-state index in [0.29, 0.717) is 0 Å². The summed E-state index contributed by atoms with van der Waals surface area (Å²) in [6.07, 6.45) is 8.64. The summed E-state index contributed by atoms with van der Waals surface area (Å²) < 4.78 is 0. The molecule has 1 rings (SSSR count). The van der Waals surface area contributed by atoms with Crippen LogP contribution in [0.15, 0.2) is 12.2 Å². The molecule has 0 unspecified atom stereocenters. The molecule has 12 heavy (non-hydrogen) atoms. The zero-order chi connectivity index (χ0) is 8.65. The normalized spacial score (nSPS) is 19.6. The lowest BCUT2D eigenvalue weighted by Crippen LogP contribution is -2.30. The predicted octanol–water partition coefficient (Wildman–Crippen LogP) is 1.94. The highest BCUT2D eigenvalue weighted by Gasteiger charge is 2.07. The van der Waals surface area contributed by atoms with Gasteiger partial charge in [0.15, 0.2) is 0 Å². The number of piperidine rings is 1. The fourth-order valence-corrected chi connectivity index (χ4v) is 1.58. The summed E-state index contributed by atoms with van der Waals surface area (Å²) in [5, 5.41) is 8.25. The van der Waals surface area contributed by atoms with E-state index in [4.69, 9.17) is 5.26 Å². The molecule has 0 spiro atoms. The third-order valence-corrected chi connectivity index (χ3v) is 2.25. The maximum absolute atomic E-state index is 8.25. The zero-order valence-corrected chi connectivity index (χ0v) is 7.50. The summed E-state index contributed by atoms with van der Waals surface area (Å²) in [4.78, 5) is 2.48. The maximum atomic E-state index is 8.25. The Bertz CT molecular complexity index is 173. The molecule has 66 valence electrons. The molecule has 0 atom stereocenters. The Morgan fingerprint density at radius 3 is 2.67 bits per heavy atom. The molecule has 0 radical (unpaired) electrons. The van der Waals surface area contributed by atoms with Crippen molar-refractivity contribution in [2.75, 3.05) is 19.6 Å². The summed E-state index contributed by atoms with van der Waals surface area (Å²) in [5.41, 5.74) is 0. The highest BCUT2D eigenvalue weighted by atomic mass is 15.1. The standard InChI is InChI=1S/C10H16N2/c11-7-3-1-4-8-12-9-5-2-6-10-12/h1,3H,2,4-6,8-10H2. The molecular weight excluding hydrogens is 148 g/mol. The third-order valence-electron chi connectivity index (χ3n) is 2.25. The lowest BCUT2D eigenvalue weighted by Gasteiger charge is -2.25. The van der Waals surface area contributed by atoms with Crippen LogP contribution in [0.5, 0.6) is 0 Å². The lowest BCUT2D eigenvalue weighted by atomic mass is 10.1. The summed E-state index contributed by atoms with van der Waals surface area (Å²) in [5.74, 6) is 0. The van der Waals surface area contributed by atoms with Gasteiger partial charge in [-0.2, -0.15) is 5.26 Å². The molecule has 0 aromatic carbocycles. The number of likely N-dealkylation sites (tertiary alicyclic amines) is 1. The second-order valence-electron chi connectivity index (χ2n) is 3.22. The van der Waals surface area contributed by atoms with Crippen LogP contribution in [0, 0.1) is 11.3 Å². The van der Waals surface area contributed by atoms with E-state index in [-0.39, 0.29) is 0 Å². The molecule has 2 heteroatoms. The Hall–Kier alpha value is -0.810. The van der Waals surface area contributed by atoms with Crippen LogP contribution < -0.4 is 0 Å². The SMILES string of the molecule is N#CC=CCCN1CCCCC1. The molecule has 1 fully saturated rings. The average Bonchev–Trinajstić information content (AvgIpc) is 2.14. The van der Waals surface area contributed by atoms with Gasteiger partial charge in [0.05, 0.1) is 6.07 Å². The first-order chi connectivity index (χ1) is 5.93. The molecule has 1 aliphatic rings. The van der Waals surface area contributed by atoms with Crippen molar-refractivity contribution in [1.82, 2.24) is 4.90 Å². The first kappa shape index (κ1) is 9.28. The summed E-state index contributed by atoms with van der Waals surface area (Å²) in [6.45, 7) is 3.62. The van der Waals surface area contributed by atoms with Crippen LogP contribution in [-0.2, 0) is 0 Å². The minimum atomic E-state index is 1.02. The molecule has 0 bridgehead atoms. The molecule has 2 nitrogen and oxygen atoms in total.